The largest absolute Gasteiger partial charge is 0.479 e. The Labute approximate surface area is 173 Å². The van der Waals surface area contributed by atoms with E-state index in [-0.39, 0.29) is 17.9 Å². The number of esters is 1. The molecule has 0 aliphatic heterocycles. The zero-order valence-corrected chi connectivity index (χ0v) is 18.2. The summed E-state index contributed by atoms with van der Waals surface area (Å²) in [6.45, 7) is 11.6. The first kappa shape index (κ1) is 22.5. The molecule has 0 heterocycles. The van der Waals surface area contributed by atoms with Crippen molar-refractivity contribution in [3.05, 3.63) is 59.2 Å². The van der Waals surface area contributed by atoms with Crippen LogP contribution in [0.5, 0.6) is 5.75 Å². The van der Waals surface area contributed by atoms with E-state index in [0.29, 0.717) is 5.75 Å². The summed E-state index contributed by atoms with van der Waals surface area (Å²) in [5, 5.41) is 2.84. The molecule has 0 aliphatic rings. The number of hydrogen-bond donors (Lipinski definition) is 1. The lowest BCUT2D eigenvalue weighted by Gasteiger charge is -2.20. The van der Waals surface area contributed by atoms with Gasteiger partial charge < -0.3 is 14.8 Å². The fraction of sp³-hybridized carbons (Fsp3) is 0.417. The number of aryl methyl sites for hydroxylation is 2. The molecule has 5 nitrogen and oxygen atoms in total. The number of anilines is 1. The zero-order chi connectivity index (χ0) is 21.6. The lowest BCUT2D eigenvalue weighted by Crippen LogP contribution is -2.30. The Kier molecular flexibility index (Phi) is 7.43. The van der Waals surface area contributed by atoms with E-state index in [1.807, 2.05) is 56.3 Å². The second-order valence-corrected chi connectivity index (χ2v) is 8.15. The van der Waals surface area contributed by atoms with Crippen LogP contribution in [-0.2, 0) is 26.2 Å². The van der Waals surface area contributed by atoms with Crippen LogP contribution in [0, 0.1) is 6.92 Å². The van der Waals surface area contributed by atoms with Crippen LogP contribution in [0.15, 0.2) is 42.5 Å². The van der Waals surface area contributed by atoms with Crippen LogP contribution in [0.4, 0.5) is 5.69 Å². The molecule has 0 saturated carbocycles. The maximum atomic E-state index is 12.2. The molecule has 1 amide bonds. The van der Waals surface area contributed by atoms with Crippen LogP contribution in [0.2, 0.25) is 0 Å². The third kappa shape index (κ3) is 6.34. The van der Waals surface area contributed by atoms with Crippen LogP contribution in [0.3, 0.4) is 0 Å². The molecular formula is C24H31NO4. The van der Waals surface area contributed by atoms with Crippen molar-refractivity contribution < 1.29 is 19.1 Å². The van der Waals surface area contributed by atoms with Crippen molar-refractivity contribution in [3.8, 4) is 5.75 Å². The first-order chi connectivity index (χ1) is 13.6. The van der Waals surface area contributed by atoms with Gasteiger partial charge >= 0.3 is 5.97 Å². The fourth-order valence-corrected chi connectivity index (χ4v) is 2.92. The Morgan fingerprint density at radius 3 is 2.31 bits per heavy atom. The van der Waals surface area contributed by atoms with Crippen molar-refractivity contribution in [1.82, 2.24) is 0 Å². The molecule has 2 rings (SSSR count). The van der Waals surface area contributed by atoms with Gasteiger partial charge in [-0.2, -0.15) is 0 Å². The summed E-state index contributed by atoms with van der Waals surface area (Å²) >= 11 is 0. The average Bonchev–Trinajstić information content (AvgIpc) is 2.67. The Morgan fingerprint density at radius 1 is 1.07 bits per heavy atom. The third-order valence-corrected chi connectivity index (χ3v) is 4.72. The molecule has 0 bridgehead atoms. The Hall–Kier alpha value is -2.82. The van der Waals surface area contributed by atoms with Gasteiger partial charge in [0, 0.05) is 5.69 Å². The predicted molar refractivity (Wildman–Crippen MR) is 115 cm³/mol. The molecule has 2 aromatic carbocycles. The number of benzene rings is 2. The Morgan fingerprint density at radius 2 is 1.72 bits per heavy atom. The highest BCUT2D eigenvalue weighted by Crippen LogP contribution is 2.25. The van der Waals surface area contributed by atoms with Crippen LogP contribution >= 0.6 is 0 Å². The standard InChI is InChI=1S/C24H31NO4/c1-7-18-10-8-9-16(2)22(18)25-21(26)15-28-23(27)17(3)29-20-13-11-19(12-14-20)24(4,5)6/h8-14,17H,7,15H2,1-6H3,(H,25,26)/t17-/m1/s1. The van der Waals surface area contributed by atoms with Gasteiger partial charge in [0.15, 0.2) is 12.7 Å². The molecule has 0 spiro atoms. The van der Waals surface area contributed by atoms with Crippen molar-refractivity contribution in [2.45, 2.75) is 59.5 Å². The molecule has 0 fully saturated rings. The summed E-state index contributed by atoms with van der Waals surface area (Å²) in [6, 6.07) is 13.5. The average molecular weight is 398 g/mol. The van der Waals surface area contributed by atoms with Gasteiger partial charge in [-0.15, -0.1) is 0 Å². The number of carbonyl (C=O) groups excluding carboxylic acids is 2. The lowest BCUT2D eigenvalue weighted by atomic mass is 9.87. The number of ether oxygens (including phenoxy) is 2. The van der Waals surface area contributed by atoms with Gasteiger partial charge in [-0.25, -0.2) is 4.79 Å². The highest BCUT2D eigenvalue weighted by atomic mass is 16.6. The van der Waals surface area contributed by atoms with Gasteiger partial charge in [0.1, 0.15) is 5.75 Å². The van der Waals surface area contributed by atoms with Crippen molar-refractivity contribution >= 4 is 17.6 Å². The second-order valence-electron chi connectivity index (χ2n) is 8.15. The van der Waals surface area contributed by atoms with E-state index in [1.165, 1.54) is 5.56 Å². The molecule has 0 saturated heterocycles. The van der Waals surface area contributed by atoms with Crippen molar-refractivity contribution in [2.24, 2.45) is 0 Å². The molecule has 2 aromatic rings. The van der Waals surface area contributed by atoms with Gasteiger partial charge in [-0.3, -0.25) is 4.79 Å². The van der Waals surface area contributed by atoms with Gasteiger partial charge in [-0.1, -0.05) is 58.0 Å². The molecule has 29 heavy (non-hydrogen) atoms. The van der Waals surface area contributed by atoms with E-state index in [1.54, 1.807) is 6.92 Å². The maximum absolute atomic E-state index is 12.2. The van der Waals surface area contributed by atoms with Crippen LogP contribution < -0.4 is 10.1 Å². The third-order valence-electron chi connectivity index (χ3n) is 4.72. The van der Waals surface area contributed by atoms with Gasteiger partial charge in [0.2, 0.25) is 0 Å². The van der Waals surface area contributed by atoms with Crippen LogP contribution in [-0.4, -0.2) is 24.6 Å². The molecule has 1 atom stereocenters. The minimum absolute atomic E-state index is 0.0468. The maximum Gasteiger partial charge on any atom is 0.347 e. The van der Waals surface area contributed by atoms with Crippen molar-refractivity contribution in [2.75, 3.05) is 11.9 Å². The van der Waals surface area contributed by atoms with E-state index in [2.05, 4.69) is 26.1 Å². The summed E-state index contributed by atoms with van der Waals surface area (Å²) in [4.78, 5) is 24.4. The molecule has 5 heteroatoms. The van der Waals surface area contributed by atoms with E-state index in [0.717, 1.165) is 23.2 Å². The predicted octanol–water partition coefficient (Wildman–Crippen LogP) is 4.80. The van der Waals surface area contributed by atoms with E-state index in [9.17, 15) is 9.59 Å². The normalized spacial score (nSPS) is 12.2. The number of carbonyl (C=O) groups is 2. The van der Waals surface area contributed by atoms with Gasteiger partial charge in [-0.05, 0) is 54.5 Å². The Balaban J connectivity index is 1.88. The fourth-order valence-electron chi connectivity index (χ4n) is 2.92. The first-order valence-electron chi connectivity index (χ1n) is 9.94. The topological polar surface area (TPSA) is 64.6 Å². The highest BCUT2D eigenvalue weighted by molar-refractivity contribution is 5.94. The summed E-state index contributed by atoms with van der Waals surface area (Å²) in [5.41, 5.74) is 4.02. The number of nitrogens with one attached hydrogen (secondary N) is 1. The summed E-state index contributed by atoms with van der Waals surface area (Å²) in [6.07, 6.45) is -0.0105. The minimum Gasteiger partial charge on any atom is -0.479 e. The molecule has 0 radical (unpaired) electrons. The molecule has 1 N–H and O–H groups in total. The first-order valence-corrected chi connectivity index (χ1v) is 9.94. The zero-order valence-electron chi connectivity index (χ0n) is 18.2. The molecule has 0 aromatic heterocycles. The lowest BCUT2D eigenvalue weighted by molar-refractivity contribution is -0.153. The van der Waals surface area contributed by atoms with Crippen molar-refractivity contribution in [3.63, 3.8) is 0 Å². The smallest absolute Gasteiger partial charge is 0.347 e. The second kappa shape index (κ2) is 9.59. The summed E-state index contributed by atoms with van der Waals surface area (Å²) in [5.74, 6) is -0.371. The molecule has 0 aliphatic carbocycles. The van der Waals surface area contributed by atoms with Crippen LogP contribution in [0.1, 0.15) is 51.3 Å². The van der Waals surface area contributed by atoms with E-state index < -0.39 is 12.1 Å². The van der Waals surface area contributed by atoms with Gasteiger partial charge in [0.25, 0.3) is 5.91 Å². The molecule has 0 unspecified atom stereocenters. The quantitative estimate of drug-likeness (QED) is 0.682. The van der Waals surface area contributed by atoms with E-state index >= 15 is 0 Å². The van der Waals surface area contributed by atoms with Crippen molar-refractivity contribution in [1.29, 1.82) is 0 Å². The molecule has 156 valence electrons. The summed E-state index contributed by atoms with van der Waals surface area (Å²) < 4.78 is 10.8. The SMILES string of the molecule is CCc1cccc(C)c1NC(=O)COC(=O)[C@@H](C)Oc1ccc(C(C)(C)C)cc1. The number of rotatable bonds is 7. The minimum atomic E-state index is -0.812. The number of hydrogen-bond acceptors (Lipinski definition) is 4. The number of para-hydroxylation sites is 1. The molecular weight excluding hydrogens is 366 g/mol. The van der Waals surface area contributed by atoms with Crippen LogP contribution in [0.25, 0.3) is 0 Å². The van der Waals surface area contributed by atoms with E-state index in [4.69, 9.17) is 9.47 Å². The monoisotopic (exact) mass is 397 g/mol. The highest BCUT2D eigenvalue weighted by Gasteiger charge is 2.19. The number of amides is 1. The Bertz CT molecular complexity index is 850. The summed E-state index contributed by atoms with van der Waals surface area (Å²) in [7, 11) is 0. The van der Waals surface area contributed by atoms with Gasteiger partial charge in [0.05, 0.1) is 0 Å².